The summed E-state index contributed by atoms with van der Waals surface area (Å²) in [5.41, 5.74) is 4.32. The summed E-state index contributed by atoms with van der Waals surface area (Å²) in [5, 5.41) is 18.4. The minimum atomic E-state index is -0.273. The maximum atomic E-state index is 12.3. The Kier molecular flexibility index (Phi) is 8.63. The molecule has 0 atom stereocenters. The number of carbonyl (C=O) groups is 2. The number of benzene rings is 2. The molecular formula is C25H26N6O2S2. The van der Waals surface area contributed by atoms with E-state index in [1.54, 1.807) is 28.8 Å². The number of amides is 2. The van der Waals surface area contributed by atoms with Crippen LogP contribution in [0.25, 0.3) is 0 Å². The number of thioether (sulfide) groups is 1. The third kappa shape index (κ3) is 7.76. The first-order chi connectivity index (χ1) is 17.0. The molecular weight excluding hydrogens is 480 g/mol. The monoisotopic (exact) mass is 506 g/mol. The summed E-state index contributed by atoms with van der Waals surface area (Å²) in [6.07, 6.45) is 4.38. The lowest BCUT2D eigenvalue weighted by molar-refractivity contribution is -0.121. The molecule has 0 radical (unpaired) electrons. The van der Waals surface area contributed by atoms with Crippen LogP contribution in [0.5, 0.6) is 0 Å². The summed E-state index contributed by atoms with van der Waals surface area (Å²) < 4.78 is 2.57. The van der Waals surface area contributed by atoms with Crippen molar-refractivity contribution in [1.29, 1.82) is 0 Å². The van der Waals surface area contributed by atoms with Crippen molar-refractivity contribution in [3.63, 3.8) is 0 Å². The highest BCUT2D eigenvalue weighted by Crippen LogP contribution is 2.29. The zero-order valence-electron chi connectivity index (χ0n) is 19.3. The largest absolute Gasteiger partial charge is 0.323 e. The molecule has 35 heavy (non-hydrogen) atoms. The molecule has 0 saturated carbocycles. The van der Waals surface area contributed by atoms with Crippen LogP contribution in [0.4, 0.5) is 10.8 Å². The smallest absolute Gasteiger partial charge is 0.226 e. The van der Waals surface area contributed by atoms with Crippen LogP contribution in [0.3, 0.4) is 0 Å². The number of rotatable bonds is 11. The van der Waals surface area contributed by atoms with E-state index in [1.807, 2.05) is 30.3 Å². The third-order valence-corrected chi connectivity index (χ3v) is 7.25. The van der Waals surface area contributed by atoms with E-state index in [0.717, 1.165) is 23.1 Å². The van der Waals surface area contributed by atoms with Gasteiger partial charge in [0.15, 0.2) is 4.34 Å². The first-order valence-electron chi connectivity index (χ1n) is 11.2. The minimum absolute atomic E-state index is 0.0548. The zero-order valence-corrected chi connectivity index (χ0v) is 20.9. The third-order valence-electron chi connectivity index (χ3n) is 5.23. The van der Waals surface area contributed by atoms with Crippen molar-refractivity contribution in [3.8, 4) is 0 Å². The lowest BCUT2D eigenvalue weighted by atomic mass is 10.1. The number of carbonyl (C=O) groups excluding carboxylic acids is 2. The molecule has 2 amide bonds. The highest BCUT2D eigenvalue weighted by molar-refractivity contribution is 8.00. The van der Waals surface area contributed by atoms with Crippen LogP contribution < -0.4 is 10.6 Å². The van der Waals surface area contributed by atoms with E-state index in [1.165, 1.54) is 28.0 Å². The molecule has 0 aliphatic rings. The lowest BCUT2D eigenvalue weighted by Gasteiger charge is -2.03. The highest BCUT2D eigenvalue weighted by atomic mass is 32.2. The summed E-state index contributed by atoms with van der Waals surface area (Å²) in [5.74, 6) is 0.276. The van der Waals surface area contributed by atoms with Crippen LogP contribution in [-0.4, -0.2) is 31.8 Å². The van der Waals surface area contributed by atoms with Gasteiger partial charge >= 0.3 is 0 Å². The van der Waals surface area contributed by atoms with Crippen molar-refractivity contribution in [2.45, 2.75) is 42.8 Å². The summed E-state index contributed by atoms with van der Waals surface area (Å²) in [4.78, 5) is 24.5. The SMILES string of the molecule is Cc1ccccc1CSc1nnc(NC(=O)CCC(=O)Nc2cnn(CCc3ccccc3)c2)s1. The van der Waals surface area contributed by atoms with Gasteiger partial charge in [0.05, 0.1) is 11.9 Å². The van der Waals surface area contributed by atoms with Crippen LogP contribution in [0, 0.1) is 6.92 Å². The Morgan fingerprint density at radius 2 is 1.71 bits per heavy atom. The first-order valence-corrected chi connectivity index (χ1v) is 13.0. The van der Waals surface area contributed by atoms with Gasteiger partial charge in [-0.1, -0.05) is 77.7 Å². The average Bonchev–Trinajstić information content (AvgIpc) is 3.51. The quantitative estimate of drug-likeness (QED) is 0.221. The molecule has 0 saturated heterocycles. The van der Waals surface area contributed by atoms with Crippen LogP contribution in [0.2, 0.25) is 0 Å². The van der Waals surface area contributed by atoms with Gasteiger partial charge in [-0.2, -0.15) is 5.10 Å². The van der Waals surface area contributed by atoms with E-state index in [4.69, 9.17) is 0 Å². The van der Waals surface area contributed by atoms with E-state index in [-0.39, 0.29) is 24.7 Å². The molecule has 4 rings (SSSR count). The topological polar surface area (TPSA) is 102 Å². The number of hydrogen-bond acceptors (Lipinski definition) is 7. The van der Waals surface area contributed by atoms with Crippen LogP contribution in [-0.2, 0) is 28.3 Å². The molecule has 8 nitrogen and oxygen atoms in total. The normalized spacial score (nSPS) is 10.8. The molecule has 2 aromatic carbocycles. The number of aromatic nitrogens is 4. The number of hydrogen-bond donors (Lipinski definition) is 2. The van der Waals surface area contributed by atoms with E-state index >= 15 is 0 Å². The van der Waals surface area contributed by atoms with Gasteiger partial charge in [-0.3, -0.25) is 14.3 Å². The molecule has 180 valence electrons. The molecule has 0 spiro atoms. The van der Waals surface area contributed by atoms with Gasteiger partial charge < -0.3 is 10.6 Å². The van der Waals surface area contributed by atoms with Crippen LogP contribution in [0.1, 0.15) is 29.5 Å². The number of nitrogens with one attached hydrogen (secondary N) is 2. The number of anilines is 2. The Morgan fingerprint density at radius 3 is 2.51 bits per heavy atom. The Hall–Kier alpha value is -3.50. The Balaban J connectivity index is 1.16. The molecule has 2 N–H and O–H groups in total. The number of nitrogens with zero attached hydrogens (tertiary/aromatic N) is 4. The van der Waals surface area contributed by atoms with Gasteiger partial charge in [0.25, 0.3) is 0 Å². The Morgan fingerprint density at radius 1 is 0.971 bits per heavy atom. The molecule has 10 heteroatoms. The molecule has 2 aromatic heterocycles. The predicted octanol–water partition coefficient (Wildman–Crippen LogP) is 4.94. The van der Waals surface area contributed by atoms with E-state index in [9.17, 15) is 9.59 Å². The molecule has 0 unspecified atom stereocenters. The molecule has 0 bridgehead atoms. The molecule has 0 aliphatic carbocycles. The van der Waals surface area contributed by atoms with Crippen molar-refractivity contribution < 1.29 is 9.59 Å². The standard InChI is InChI=1S/C25H26N6O2S2/c1-18-7-5-6-10-20(18)17-34-25-30-29-24(35-25)28-23(33)12-11-22(32)27-21-15-26-31(16-21)14-13-19-8-3-2-4-9-19/h2-10,15-16H,11-14,17H2,1H3,(H,27,32)(H,28,29,33). The Labute approximate surface area is 212 Å². The fraction of sp³-hybridized carbons (Fsp3) is 0.240. The first kappa shape index (κ1) is 24.6. The van der Waals surface area contributed by atoms with Crippen molar-refractivity contribution in [2.24, 2.45) is 0 Å². The molecule has 2 heterocycles. The molecule has 0 aliphatic heterocycles. The summed E-state index contributed by atoms with van der Waals surface area (Å²) in [7, 11) is 0. The van der Waals surface area contributed by atoms with Crippen LogP contribution in [0.15, 0.2) is 71.3 Å². The second-order valence-electron chi connectivity index (χ2n) is 7.91. The molecule has 0 fully saturated rings. The zero-order chi connectivity index (χ0) is 24.5. The van der Waals surface area contributed by atoms with Gasteiger partial charge in [-0.15, -0.1) is 10.2 Å². The van der Waals surface area contributed by atoms with Crippen molar-refractivity contribution in [3.05, 3.63) is 83.7 Å². The van der Waals surface area contributed by atoms with Gasteiger partial charge in [0.1, 0.15) is 0 Å². The summed E-state index contributed by atoms with van der Waals surface area (Å²) in [6.45, 7) is 2.80. The average molecular weight is 507 g/mol. The van der Waals surface area contributed by atoms with Gasteiger partial charge in [-0.05, 0) is 30.0 Å². The number of aryl methyl sites for hydroxylation is 3. The lowest BCUT2D eigenvalue weighted by Crippen LogP contribution is -2.17. The van der Waals surface area contributed by atoms with Crippen LogP contribution >= 0.6 is 23.1 Å². The van der Waals surface area contributed by atoms with Crippen molar-refractivity contribution in [2.75, 3.05) is 10.6 Å². The van der Waals surface area contributed by atoms with Gasteiger partial charge in [0, 0.05) is 31.3 Å². The highest BCUT2D eigenvalue weighted by Gasteiger charge is 2.12. The predicted molar refractivity (Wildman–Crippen MR) is 140 cm³/mol. The fourth-order valence-corrected chi connectivity index (χ4v) is 5.15. The second-order valence-corrected chi connectivity index (χ2v) is 10.1. The van der Waals surface area contributed by atoms with Gasteiger partial charge in [-0.25, -0.2) is 0 Å². The fourth-order valence-electron chi connectivity index (χ4n) is 3.30. The van der Waals surface area contributed by atoms with Gasteiger partial charge in [0.2, 0.25) is 16.9 Å². The van der Waals surface area contributed by atoms with E-state index in [2.05, 4.69) is 57.1 Å². The maximum absolute atomic E-state index is 12.3. The molecule has 4 aromatic rings. The summed E-state index contributed by atoms with van der Waals surface area (Å²) >= 11 is 2.91. The maximum Gasteiger partial charge on any atom is 0.226 e. The Bertz CT molecular complexity index is 1270. The van der Waals surface area contributed by atoms with Crippen molar-refractivity contribution in [1.82, 2.24) is 20.0 Å². The van der Waals surface area contributed by atoms with E-state index < -0.39 is 0 Å². The van der Waals surface area contributed by atoms with E-state index in [0.29, 0.717) is 10.8 Å². The second kappa shape index (κ2) is 12.3. The van der Waals surface area contributed by atoms with Crippen molar-refractivity contribution >= 4 is 45.7 Å². The summed E-state index contributed by atoms with van der Waals surface area (Å²) in [6, 6.07) is 18.4. The minimum Gasteiger partial charge on any atom is -0.323 e.